The van der Waals surface area contributed by atoms with E-state index in [-0.39, 0.29) is 6.04 Å². The molecule has 0 amide bonds. The molecule has 0 aromatic carbocycles. The number of aromatic nitrogens is 1. The second-order valence-electron chi connectivity index (χ2n) is 3.40. The van der Waals surface area contributed by atoms with Gasteiger partial charge in [0.25, 0.3) is 0 Å². The van der Waals surface area contributed by atoms with Crippen LogP contribution in [0.1, 0.15) is 24.4 Å². The first-order valence-corrected chi connectivity index (χ1v) is 5.00. The molecule has 1 heterocycles. The van der Waals surface area contributed by atoms with Gasteiger partial charge in [0.05, 0.1) is 5.02 Å². The van der Waals surface area contributed by atoms with Crippen LogP contribution in [0.2, 0.25) is 10.2 Å². The first kappa shape index (κ1) is 9.25. The topological polar surface area (TPSA) is 38.9 Å². The van der Waals surface area contributed by atoms with Crippen LogP contribution >= 0.6 is 23.2 Å². The number of nitrogens with zero attached hydrogens (tertiary/aromatic N) is 1. The Morgan fingerprint density at radius 3 is 2.77 bits per heavy atom. The van der Waals surface area contributed by atoms with Gasteiger partial charge in [-0.1, -0.05) is 23.2 Å². The van der Waals surface area contributed by atoms with E-state index in [1.165, 1.54) is 19.0 Å². The van der Waals surface area contributed by atoms with E-state index in [1.807, 2.05) is 0 Å². The van der Waals surface area contributed by atoms with Crippen molar-refractivity contribution in [3.63, 3.8) is 0 Å². The standard InChI is InChI=1S/C9H10Cl2N2/c10-6-3-7(9(11)13-4-6)8(12)5-1-2-5/h3-5,8H,1-2,12H2/t8-/m1/s1. The molecule has 1 aliphatic rings. The van der Waals surface area contributed by atoms with Crippen molar-refractivity contribution in [2.75, 3.05) is 0 Å². The molecular formula is C9H10Cl2N2. The molecule has 1 fully saturated rings. The van der Waals surface area contributed by atoms with Crippen LogP contribution in [0.15, 0.2) is 12.3 Å². The van der Waals surface area contributed by atoms with Crippen molar-refractivity contribution in [2.24, 2.45) is 11.7 Å². The summed E-state index contributed by atoms with van der Waals surface area (Å²) in [6.07, 6.45) is 3.90. The molecular weight excluding hydrogens is 207 g/mol. The second kappa shape index (κ2) is 3.45. The summed E-state index contributed by atoms with van der Waals surface area (Å²) < 4.78 is 0. The molecule has 0 radical (unpaired) electrons. The van der Waals surface area contributed by atoms with E-state index in [2.05, 4.69) is 4.98 Å². The fraction of sp³-hybridized carbons (Fsp3) is 0.444. The highest BCUT2D eigenvalue weighted by Crippen LogP contribution is 2.41. The van der Waals surface area contributed by atoms with Crippen LogP contribution < -0.4 is 5.73 Å². The fourth-order valence-corrected chi connectivity index (χ4v) is 1.78. The average Bonchev–Trinajstić information content (AvgIpc) is 2.91. The number of rotatable bonds is 2. The summed E-state index contributed by atoms with van der Waals surface area (Å²) in [5.41, 5.74) is 6.86. The van der Waals surface area contributed by atoms with E-state index < -0.39 is 0 Å². The molecule has 0 saturated heterocycles. The summed E-state index contributed by atoms with van der Waals surface area (Å²) in [6, 6.07) is 1.80. The van der Waals surface area contributed by atoms with Gasteiger partial charge >= 0.3 is 0 Å². The molecule has 1 aliphatic carbocycles. The normalized spacial score (nSPS) is 18.7. The Bertz CT molecular complexity index is 323. The molecule has 2 rings (SSSR count). The second-order valence-corrected chi connectivity index (χ2v) is 4.19. The number of hydrogen-bond acceptors (Lipinski definition) is 2. The van der Waals surface area contributed by atoms with Crippen molar-refractivity contribution in [1.82, 2.24) is 4.98 Å². The van der Waals surface area contributed by atoms with Gasteiger partial charge in [-0.25, -0.2) is 4.98 Å². The largest absolute Gasteiger partial charge is 0.324 e. The predicted molar refractivity (Wildman–Crippen MR) is 53.9 cm³/mol. The molecule has 2 nitrogen and oxygen atoms in total. The molecule has 13 heavy (non-hydrogen) atoms. The Morgan fingerprint density at radius 2 is 2.15 bits per heavy atom. The minimum absolute atomic E-state index is 0.00120. The lowest BCUT2D eigenvalue weighted by Crippen LogP contribution is -2.13. The van der Waals surface area contributed by atoms with Crippen molar-refractivity contribution in [1.29, 1.82) is 0 Å². The lowest BCUT2D eigenvalue weighted by molar-refractivity contribution is 0.631. The smallest absolute Gasteiger partial charge is 0.133 e. The van der Waals surface area contributed by atoms with Crippen LogP contribution in [0.4, 0.5) is 0 Å². The fourth-order valence-electron chi connectivity index (χ4n) is 1.38. The van der Waals surface area contributed by atoms with Gasteiger partial charge in [0, 0.05) is 17.8 Å². The van der Waals surface area contributed by atoms with Crippen molar-refractivity contribution < 1.29 is 0 Å². The third-order valence-corrected chi connectivity index (χ3v) is 2.84. The SMILES string of the molecule is N[C@@H](c1cc(Cl)cnc1Cl)C1CC1. The number of nitrogens with two attached hydrogens (primary N) is 1. The van der Waals surface area contributed by atoms with E-state index in [9.17, 15) is 0 Å². The van der Waals surface area contributed by atoms with Gasteiger partial charge in [-0.15, -0.1) is 0 Å². The lowest BCUT2D eigenvalue weighted by Gasteiger charge is -2.11. The zero-order valence-electron chi connectivity index (χ0n) is 7.00. The van der Waals surface area contributed by atoms with E-state index in [0.29, 0.717) is 16.1 Å². The summed E-state index contributed by atoms with van der Waals surface area (Å²) in [7, 11) is 0. The van der Waals surface area contributed by atoms with E-state index in [4.69, 9.17) is 28.9 Å². The molecule has 0 unspecified atom stereocenters. The Morgan fingerprint density at radius 1 is 1.46 bits per heavy atom. The van der Waals surface area contributed by atoms with Crippen LogP contribution in [0.25, 0.3) is 0 Å². The van der Waals surface area contributed by atoms with Gasteiger partial charge in [0.15, 0.2) is 0 Å². The maximum atomic E-state index is 5.99. The number of pyridine rings is 1. The van der Waals surface area contributed by atoms with Crippen molar-refractivity contribution in [2.45, 2.75) is 18.9 Å². The molecule has 0 bridgehead atoms. The molecule has 2 N–H and O–H groups in total. The van der Waals surface area contributed by atoms with Gasteiger partial charge in [0.2, 0.25) is 0 Å². The zero-order chi connectivity index (χ0) is 9.42. The highest BCUT2D eigenvalue weighted by atomic mass is 35.5. The minimum Gasteiger partial charge on any atom is -0.324 e. The zero-order valence-corrected chi connectivity index (χ0v) is 8.52. The summed E-state index contributed by atoms with van der Waals surface area (Å²) in [5.74, 6) is 0.567. The highest BCUT2D eigenvalue weighted by Gasteiger charge is 2.31. The summed E-state index contributed by atoms with van der Waals surface area (Å²) in [4.78, 5) is 3.96. The minimum atomic E-state index is -0.00120. The lowest BCUT2D eigenvalue weighted by atomic mass is 10.1. The first-order chi connectivity index (χ1) is 6.18. The molecule has 1 aromatic heterocycles. The Hall–Kier alpha value is -0.310. The van der Waals surface area contributed by atoms with Crippen LogP contribution in [0.3, 0.4) is 0 Å². The summed E-state index contributed by atoms with van der Waals surface area (Å²) in [6.45, 7) is 0. The maximum absolute atomic E-state index is 5.99. The Labute approximate surface area is 87.1 Å². The molecule has 1 atom stereocenters. The average molecular weight is 217 g/mol. The van der Waals surface area contributed by atoms with Crippen LogP contribution in [-0.4, -0.2) is 4.98 Å². The Kier molecular flexibility index (Phi) is 2.45. The monoisotopic (exact) mass is 216 g/mol. The molecule has 70 valence electrons. The number of hydrogen-bond donors (Lipinski definition) is 1. The van der Waals surface area contributed by atoms with E-state index >= 15 is 0 Å². The molecule has 4 heteroatoms. The molecule has 0 aliphatic heterocycles. The van der Waals surface area contributed by atoms with Gasteiger partial charge in [-0.05, 0) is 24.8 Å². The molecule has 0 spiro atoms. The third-order valence-electron chi connectivity index (χ3n) is 2.32. The summed E-state index contributed by atoms with van der Waals surface area (Å²) >= 11 is 11.7. The van der Waals surface area contributed by atoms with E-state index in [1.54, 1.807) is 6.07 Å². The van der Waals surface area contributed by atoms with Gasteiger partial charge in [0.1, 0.15) is 5.15 Å². The van der Waals surface area contributed by atoms with Gasteiger partial charge < -0.3 is 5.73 Å². The third kappa shape index (κ3) is 1.96. The van der Waals surface area contributed by atoms with Crippen LogP contribution in [0, 0.1) is 5.92 Å². The maximum Gasteiger partial charge on any atom is 0.133 e. The van der Waals surface area contributed by atoms with Crippen LogP contribution in [0.5, 0.6) is 0 Å². The predicted octanol–water partition coefficient (Wildman–Crippen LogP) is 2.80. The van der Waals surface area contributed by atoms with Crippen molar-refractivity contribution in [3.05, 3.63) is 28.0 Å². The van der Waals surface area contributed by atoms with Gasteiger partial charge in [-0.3, -0.25) is 0 Å². The number of halogens is 2. The molecule has 1 saturated carbocycles. The molecule has 1 aromatic rings. The quantitative estimate of drug-likeness (QED) is 0.773. The van der Waals surface area contributed by atoms with Crippen LogP contribution in [-0.2, 0) is 0 Å². The first-order valence-electron chi connectivity index (χ1n) is 4.25. The van der Waals surface area contributed by atoms with Gasteiger partial charge in [-0.2, -0.15) is 0 Å². The highest BCUT2D eigenvalue weighted by molar-refractivity contribution is 6.32. The van der Waals surface area contributed by atoms with Crippen molar-refractivity contribution >= 4 is 23.2 Å². The Balaban J connectivity index is 2.31. The van der Waals surface area contributed by atoms with Crippen molar-refractivity contribution in [3.8, 4) is 0 Å². The van der Waals surface area contributed by atoms with E-state index in [0.717, 1.165) is 5.56 Å². The summed E-state index contributed by atoms with van der Waals surface area (Å²) in [5, 5.41) is 1.07.